The zero-order valence-corrected chi connectivity index (χ0v) is 15.4. The molecule has 1 unspecified atom stereocenters. The number of nitrogens with zero attached hydrogens (tertiary/aromatic N) is 3. The molecule has 0 aliphatic carbocycles. The minimum absolute atomic E-state index is 0.00251. The number of para-hydroxylation sites is 1. The summed E-state index contributed by atoms with van der Waals surface area (Å²) >= 11 is 0. The molecule has 5 nitrogen and oxygen atoms in total. The number of rotatable bonds is 7. The minimum atomic E-state index is -0.751. The first kappa shape index (κ1) is 19.8. The van der Waals surface area contributed by atoms with Gasteiger partial charge < -0.3 is 4.74 Å². The van der Waals surface area contributed by atoms with Gasteiger partial charge in [0.15, 0.2) is 23.2 Å². The number of hydrogen-bond donors (Lipinski definition) is 0. The van der Waals surface area contributed by atoms with Gasteiger partial charge in [0, 0.05) is 5.41 Å². The average Bonchev–Trinajstić information content (AvgIpc) is 3.08. The first-order valence-electron chi connectivity index (χ1n) is 8.31. The van der Waals surface area contributed by atoms with Crippen molar-refractivity contribution in [3.63, 3.8) is 0 Å². The summed E-state index contributed by atoms with van der Waals surface area (Å²) in [6.45, 7) is 7.38. The number of benzene rings is 1. The molecule has 2 rings (SSSR count). The van der Waals surface area contributed by atoms with Crippen LogP contribution in [0.2, 0.25) is 0 Å². The van der Waals surface area contributed by atoms with E-state index in [1.807, 2.05) is 27.7 Å². The second kappa shape index (κ2) is 8.21. The van der Waals surface area contributed by atoms with Gasteiger partial charge in [0.25, 0.3) is 0 Å². The van der Waals surface area contributed by atoms with Crippen molar-refractivity contribution in [1.82, 2.24) is 14.8 Å². The number of ether oxygens (including phenoxy) is 1. The van der Waals surface area contributed by atoms with Crippen molar-refractivity contribution in [1.29, 1.82) is 0 Å². The van der Waals surface area contributed by atoms with Crippen LogP contribution in [-0.4, -0.2) is 27.2 Å². The van der Waals surface area contributed by atoms with Crippen LogP contribution in [0.3, 0.4) is 0 Å². The van der Waals surface area contributed by atoms with Crippen molar-refractivity contribution >= 4 is 5.78 Å². The van der Waals surface area contributed by atoms with Gasteiger partial charge in [-0.2, -0.15) is 5.10 Å². The molecular weight excluding hydrogens is 340 g/mol. The zero-order chi connectivity index (χ0) is 19.3. The highest BCUT2D eigenvalue weighted by Gasteiger charge is 2.31. The van der Waals surface area contributed by atoms with Crippen LogP contribution in [0.25, 0.3) is 0 Å². The van der Waals surface area contributed by atoms with Crippen molar-refractivity contribution < 1.29 is 18.3 Å². The average molecular weight is 363 g/mol. The summed E-state index contributed by atoms with van der Waals surface area (Å²) in [6.07, 6.45) is 4.99. The second-order valence-electron chi connectivity index (χ2n) is 7.12. The van der Waals surface area contributed by atoms with Crippen LogP contribution in [0.4, 0.5) is 8.78 Å². The van der Waals surface area contributed by atoms with E-state index in [1.54, 1.807) is 6.08 Å². The minimum Gasteiger partial charge on any atom is -0.483 e. The summed E-state index contributed by atoms with van der Waals surface area (Å²) in [4.78, 5) is 16.6. The Morgan fingerprint density at radius 1 is 1.31 bits per heavy atom. The topological polar surface area (TPSA) is 57.0 Å². The van der Waals surface area contributed by atoms with Gasteiger partial charge in [0.2, 0.25) is 0 Å². The quantitative estimate of drug-likeness (QED) is 0.694. The van der Waals surface area contributed by atoms with Crippen LogP contribution in [-0.2, 0) is 4.79 Å². The monoisotopic (exact) mass is 363 g/mol. The molecule has 1 aromatic heterocycles. The first-order valence-corrected chi connectivity index (χ1v) is 8.31. The number of ketones is 1. The van der Waals surface area contributed by atoms with Crippen molar-refractivity contribution in [3.05, 3.63) is 54.1 Å². The van der Waals surface area contributed by atoms with Crippen molar-refractivity contribution in [2.75, 3.05) is 6.61 Å². The van der Waals surface area contributed by atoms with Gasteiger partial charge in [-0.1, -0.05) is 32.4 Å². The summed E-state index contributed by atoms with van der Waals surface area (Å²) in [7, 11) is 0. The number of hydrogen-bond acceptors (Lipinski definition) is 4. The Balaban J connectivity index is 2.08. The van der Waals surface area contributed by atoms with E-state index < -0.39 is 28.8 Å². The molecule has 1 aromatic carbocycles. The molecule has 0 amide bonds. The summed E-state index contributed by atoms with van der Waals surface area (Å²) in [6, 6.07) is 3.05. The highest BCUT2D eigenvalue weighted by atomic mass is 19.1. The Morgan fingerprint density at radius 3 is 2.50 bits per heavy atom. The number of carbonyl (C=O) groups is 1. The van der Waals surface area contributed by atoms with E-state index in [-0.39, 0.29) is 12.4 Å². The lowest BCUT2D eigenvalue weighted by molar-refractivity contribution is -0.130. The summed E-state index contributed by atoms with van der Waals surface area (Å²) in [5.41, 5.74) is 0.309. The maximum absolute atomic E-state index is 13.6. The van der Waals surface area contributed by atoms with Crippen molar-refractivity contribution in [2.45, 2.75) is 40.2 Å². The molecule has 0 aliphatic rings. The van der Waals surface area contributed by atoms with E-state index >= 15 is 0 Å². The number of halogens is 2. The third-order valence-electron chi connectivity index (χ3n) is 3.89. The maximum Gasteiger partial charge on any atom is 0.191 e. The molecule has 2 aromatic rings. The first-order chi connectivity index (χ1) is 12.2. The number of Topliss-reactive ketones (excluding diaryl/α,β-unsaturated/α-hetero) is 1. The fourth-order valence-corrected chi connectivity index (χ4v) is 2.46. The maximum atomic E-state index is 13.6. The SMILES string of the molecule is C/C(=C\COc1c(F)cccc1F)CC(C(=O)C(C)(C)C)n1cncn1. The lowest BCUT2D eigenvalue weighted by Gasteiger charge is -2.25. The predicted molar refractivity (Wildman–Crippen MR) is 93.7 cm³/mol. The molecule has 0 fully saturated rings. The fraction of sp³-hybridized carbons (Fsp3) is 0.421. The fourth-order valence-electron chi connectivity index (χ4n) is 2.46. The number of allylic oxidation sites excluding steroid dienone is 1. The Morgan fingerprint density at radius 2 is 1.96 bits per heavy atom. The molecule has 0 saturated carbocycles. The zero-order valence-electron chi connectivity index (χ0n) is 15.4. The Kier molecular flexibility index (Phi) is 6.23. The normalized spacial score (nSPS) is 13.5. The summed E-state index contributed by atoms with van der Waals surface area (Å²) in [5.74, 6) is -1.88. The van der Waals surface area contributed by atoms with Crippen LogP contribution in [0.15, 0.2) is 42.5 Å². The standard InChI is InChI=1S/C19H23F2N3O2/c1-13(8-9-26-17-14(20)6-5-7-15(17)21)10-16(18(25)19(2,3)4)24-12-22-11-23-24/h5-8,11-12,16H,9-10H2,1-4H3/b13-8+. The molecule has 140 valence electrons. The third-order valence-corrected chi connectivity index (χ3v) is 3.89. The van der Waals surface area contributed by atoms with Gasteiger partial charge in [0.1, 0.15) is 25.3 Å². The van der Waals surface area contributed by atoms with Crippen LogP contribution < -0.4 is 4.74 Å². The molecule has 0 aliphatic heterocycles. The van der Waals surface area contributed by atoms with Gasteiger partial charge in [-0.15, -0.1) is 0 Å². The van der Waals surface area contributed by atoms with E-state index in [2.05, 4.69) is 10.1 Å². The van der Waals surface area contributed by atoms with Gasteiger partial charge >= 0.3 is 0 Å². The summed E-state index contributed by atoms with van der Waals surface area (Å²) < 4.78 is 33.8. The molecular formula is C19H23F2N3O2. The molecule has 0 spiro atoms. The van der Waals surface area contributed by atoms with Crippen LogP contribution in [0.1, 0.15) is 40.2 Å². The Bertz CT molecular complexity index is 760. The largest absolute Gasteiger partial charge is 0.483 e. The molecule has 0 saturated heterocycles. The molecule has 0 N–H and O–H groups in total. The van der Waals surface area contributed by atoms with Gasteiger partial charge in [0.05, 0.1) is 0 Å². The lowest BCUT2D eigenvalue weighted by Crippen LogP contribution is -2.31. The van der Waals surface area contributed by atoms with E-state index in [4.69, 9.17) is 4.74 Å². The van der Waals surface area contributed by atoms with E-state index in [1.165, 1.54) is 23.4 Å². The van der Waals surface area contributed by atoms with Gasteiger partial charge in [-0.25, -0.2) is 18.4 Å². The molecule has 0 bridgehead atoms. The summed E-state index contributed by atoms with van der Waals surface area (Å²) in [5, 5.41) is 4.08. The molecule has 7 heteroatoms. The smallest absolute Gasteiger partial charge is 0.191 e. The second-order valence-corrected chi connectivity index (χ2v) is 7.12. The molecule has 0 radical (unpaired) electrons. The Labute approximate surface area is 151 Å². The van der Waals surface area contributed by atoms with Crippen molar-refractivity contribution in [3.8, 4) is 5.75 Å². The number of aromatic nitrogens is 3. The highest BCUT2D eigenvalue weighted by molar-refractivity contribution is 5.87. The van der Waals surface area contributed by atoms with Crippen LogP contribution in [0.5, 0.6) is 5.75 Å². The van der Waals surface area contributed by atoms with E-state index in [0.29, 0.717) is 6.42 Å². The van der Waals surface area contributed by atoms with Crippen LogP contribution in [0, 0.1) is 17.0 Å². The lowest BCUT2D eigenvalue weighted by atomic mass is 9.84. The van der Waals surface area contributed by atoms with Gasteiger partial charge in [-0.05, 0) is 31.6 Å². The molecule has 1 atom stereocenters. The van der Waals surface area contributed by atoms with Crippen LogP contribution >= 0.6 is 0 Å². The van der Waals surface area contributed by atoms with Crippen molar-refractivity contribution in [2.24, 2.45) is 5.41 Å². The van der Waals surface area contributed by atoms with E-state index in [0.717, 1.165) is 17.7 Å². The Hall–Kier alpha value is -2.57. The predicted octanol–water partition coefficient (Wildman–Crippen LogP) is 4.13. The number of carbonyl (C=O) groups excluding carboxylic acids is 1. The molecule has 1 heterocycles. The highest BCUT2D eigenvalue weighted by Crippen LogP contribution is 2.28. The van der Waals surface area contributed by atoms with E-state index in [9.17, 15) is 13.6 Å². The molecule has 26 heavy (non-hydrogen) atoms. The third kappa shape index (κ3) is 4.97. The van der Waals surface area contributed by atoms with Gasteiger partial charge in [-0.3, -0.25) is 4.79 Å².